The predicted molar refractivity (Wildman–Crippen MR) is 102 cm³/mol. The number of aryl methyl sites for hydroxylation is 1. The van der Waals surface area contributed by atoms with Gasteiger partial charge in [0.15, 0.2) is 5.13 Å². The van der Waals surface area contributed by atoms with E-state index in [1.165, 1.54) is 16.9 Å². The largest absolute Gasteiger partial charge is 0.459 e. The molecule has 0 atom stereocenters. The number of carbonyl (C=O) groups excluding carboxylic acids is 1. The molecule has 4 nitrogen and oxygen atoms in total. The maximum absolute atomic E-state index is 11.9. The van der Waals surface area contributed by atoms with Crippen molar-refractivity contribution >= 4 is 39.7 Å². The molecule has 0 fully saturated rings. The maximum atomic E-state index is 11.9. The van der Waals surface area contributed by atoms with E-state index in [-0.39, 0.29) is 19.0 Å². The number of nitrogens with one attached hydrogen (secondary N) is 1. The van der Waals surface area contributed by atoms with Crippen LogP contribution >= 0.6 is 22.9 Å². The lowest BCUT2D eigenvalue weighted by molar-refractivity contribution is -0.144. The fraction of sp³-hybridized carbons (Fsp3) is 0.158. The van der Waals surface area contributed by atoms with Crippen LogP contribution in [0.2, 0.25) is 5.02 Å². The van der Waals surface area contributed by atoms with Gasteiger partial charge in [-0.05, 0) is 36.8 Å². The molecule has 25 heavy (non-hydrogen) atoms. The molecule has 0 unspecified atom stereocenters. The minimum absolute atomic E-state index is 0.165. The van der Waals surface area contributed by atoms with Gasteiger partial charge in [-0.1, -0.05) is 41.4 Å². The van der Waals surface area contributed by atoms with Crippen molar-refractivity contribution in [3.63, 3.8) is 0 Å². The van der Waals surface area contributed by atoms with Crippen LogP contribution in [0.1, 0.15) is 16.8 Å². The third kappa shape index (κ3) is 5.31. The normalized spacial score (nSPS) is 10.5. The fourth-order valence-corrected chi connectivity index (χ4v) is 3.01. The SMILES string of the molecule is Cc1ccc(Nc2nc(COC(=O)Cc3ccc(Cl)cc3)cs2)cc1. The van der Waals surface area contributed by atoms with Crippen molar-refractivity contribution in [1.82, 2.24) is 4.98 Å². The number of hydrogen-bond donors (Lipinski definition) is 1. The van der Waals surface area contributed by atoms with E-state index in [1.54, 1.807) is 12.1 Å². The van der Waals surface area contributed by atoms with Gasteiger partial charge in [0.2, 0.25) is 0 Å². The minimum atomic E-state index is -0.289. The molecule has 0 aliphatic heterocycles. The first kappa shape index (κ1) is 17.5. The molecule has 128 valence electrons. The van der Waals surface area contributed by atoms with E-state index in [2.05, 4.69) is 10.3 Å². The fourth-order valence-electron chi connectivity index (χ4n) is 2.17. The Morgan fingerprint density at radius 3 is 2.60 bits per heavy atom. The van der Waals surface area contributed by atoms with Crippen LogP contribution in [-0.4, -0.2) is 11.0 Å². The van der Waals surface area contributed by atoms with Crippen molar-refractivity contribution in [2.24, 2.45) is 0 Å². The zero-order valence-electron chi connectivity index (χ0n) is 13.7. The molecule has 0 aliphatic carbocycles. The average Bonchev–Trinajstić information content (AvgIpc) is 3.05. The topological polar surface area (TPSA) is 51.2 Å². The van der Waals surface area contributed by atoms with Crippen molar-refractivity contribution in [2.75, 3.05) is 5.32 Å². The number of halogens is 1. The number of thiazole rings is 1. The number of aromatic nitrogens is 1. The molecule has 2 aromatic carbocycles. The van der Waals surface area contributed by atoms with Crippen LogP contribution in [0.4, 0.5) is 10.8 Å². The van der Waals surface area contributed by atoms with E-state index in [4.69, 9.17) is 16.3 Å². The van der Waals surface area contributed by atoms with Crippen LogP contribution in [0.25, 0.3) is 0 Å². The molecule has 1 N–H and O–H groups in total. The summed E-state index contributed by atoms with van der Waals surface area (Å²) in [5, 5.41) is 6.54. The summed E-state index contributed by atoms with van der Waals surface area (Å²) >= 11 is 7.31. The molecule has 3 rings (SSSR count). The highest BCUT2D eigenvalue weighted by Crippen LogP contribution is 2.21. The Labute approximate surface area is 155 Å². The molecule has 0 aliphatic rings. The quantitative estimate of drug-likeness (QED) is 0.609. The lowest BCUT2D eigenvalue weighted by atomic mass is 10.1. The van der Waals surface area contributed by atoms with Crippen molar-refractivity contribution in [1.29, 1.82) is 0 Å². The van der Waals surface area contributed by atoms with E-state index in [0.29, 0.717) is 5.02 Å². The van der Waals surface area contributed by atoms with Gasteiger partial charge in [0.1, 0.15) is 6.61 Å². The number of nitrogens with zero attached hydrogens (tertiary/aromatic N) is 1. The lowest BCUT2D eigenvalue weighted by Crippen LogP contribution is -2.08. The third-order valence-electron chi connectivity index (χ3n) is 3.50. The molecule has 0 bridgehead atoms. The number of esters is 1. The molecule has 0 saturated heterocycles. The summed E-state index contributed by atoms with van der Waals surface area (Å²) in [6.45, 7) is 2.21. The van der Waals surface area contributed by atoms with Gasteiger partial charge in [-0.25, -0.2) is 4.98 Å². The first-order valence-corrected chi connectivity index (χ1v) is 9.02. The number of rotatable bonds is 6. The van der Waals surface area contributed by atoms with Gasteiger partial charge in [0.05, 0.1) is 12.1 Å². The summed E-state index contributed by atoms with van der Waals surface area (Å²) in [7, 11) is 0. The molecule has 3 aromatic rings. The Hall–Kier alpha value is -2.37. The second-order valence-electron chi connectivity index (χ2n) is 5.60. The zero-order valence-corrected chi connectivity index (χ0v) is 15.2. The van der Waals surface area contributed by atoms with E-state index >= 15 is 0 Å². The summed E-state index contributed by atoms with van der Waals surface area (Å²) in [6.07, 6.45) is 0.218. The Balaban J connectivity index is 1.50. The van der Waals surface area contributed by atoms with E-state index in [9.17, 15) is 4.79 Å². The lowest BCUT2D eigenvalue weighted by Gasteiger charge is -2.04. The smallest absolute Gasteiger partial charge is 0.310 e. The number of benzene rings is 2. The second kappa shape index (κ2) is 8.14. The Morgan fingerprint density at radius 2 is 1.88 bits per heavy atom. The van der Waals surface area contributed by atoms with Gasteiger partial charge in [0, 0.05) is 16.1 Å². The van der Waals surface area contributed by atoms with E-state index in [1.807, 2.05) is 48.7 Å². The molecular weight excluding hydrogens is 356 g/mol. The van der Waals surface area contributed by atoms with Gasteiger partial charge >= 0.3 is 5.97 Å². The van der Waals surface area contributed by atoms with Gasteiger partial charge in [-0.3, -0.25) is 4.79 Å². The Bertz CT molecular complexity index is 845. The maximum Gasteiger partial charge on any atom is 0.310 e. The average molecular weight is 373 g/mol. The van der Waals surface area contributed by atoms with Crippen LogP contribution in [0.5, 0.6) is 0 Å². The number of ether oxygens (including phenoxy) is 1. The second-order valence-corrected chi connectivity index (χ2v) is 6.89. The summed E-state index contributed by atoms with van der Waals surface area (Å²) in [5.74, 6) is -0.289. The van der Waals surface area contributed by atoms with Crippen LogP contribution in [0.3, 0.4) is 0 Å². The first-order chi connectivity index (χ1) is 12.1. The predicted octanol–water partition coefficient (Wildman–Crippen LogP) is 5.13. The molecule has 0 saturated carbocycles. The van der Waals surface area contributed by atoms with Gasteiger partial charge in [0.25, 0.3) is 0 Å². The molecule has 0 amide bonds. The van der Waals surface area contributed by atoms with E-state index < -0.39 is 0 Å². The molecule has 0 radical (unpaired) electrons. The van der Waals surface area contributed by atoms with Crippen molar-refractivity contribution in [3.05, 3.63) is 75.8 Å². The van der Waals surface area contributed by atoms with Crippen molar-refractivity contribution < 1.29 is 9.53 Å². The molecule has 6 heteroatoms. The summed E-state index contributed by atoms with van der Waals surface area (Å²) in [5.41, 5.74) is 3.78. The first-order valence-electron chi connectivity index (χ1n) is 7.77. The molecular formula is C19H17ClN2O2S. The number of hydrogen-bond acceptors (Lipinski definition) is 5. The molecule has 1 heterocycles. The molecule has 0 spiro atoms. The van der Waals surface area contributed by atoms with Crippen LogP contribution in [-0.2, 0) is 22.6 Å². The molecule has 1 aromatic heterocycles. The number of carbonyl (C=O) groups is 1. The van der Waals surface area contributed by atoms with Gasteiger partial charge < -0.3 is 10.1 Å². The highest BCUT2D eigenvalue weighted by Gasteiger charge is 2.08. The van der Waals surface area contributed by atoms with Crippen molar-refractivity contribution in [2.45, 2.75) is 20.0 Å². The van der Waals surface area contributed by atoms with Gasteiger partial charge in [-0.2, -0.15) is 0 Å². The highest BCUT2D eigenvalue weighted by atomic mass is 35.5. The summed E-state index contributed by atoms with van der Waals surface area (Å²) in [6, 6.07) is 15.2. The van der Waals surface area contributed by atoms with Crippen LogP contribution in [0, 0.1) is 6.92 Å². The highest BCUT2D eigenvalue weighted by molar-refractivity contribution is 7.13. The Kier molecular flexibility index (Phi) is 5.68. The third-order valence-corrected chi connectivity index (χ3v) is 4.56. The Morgan fingerprint density at radius 1 is 1.16 bits per heavy atom. The number of anilines is 2. The summed E-state index contributed by atoms with van der Waals surface area (Å²) < 4.78 is 5.29. The van der Waals surface area contributed by atoms with Gasteiger partial charge in [-0.15, -0.1) is 11.3 Å². The minimum Gasteiger partial charge on any atom is -0.459 e. The van der Waals surface area contributed by atoms with Crippen LogP contribution < -0.4 is 5.32 Å². The summed E-state index contributed by atoms with van der Waals surface area (Å²) in [4.78, 5) is 16.3. The van der Waals surface area contributed by atoms with E-state index in [0.717, 1.165) is 22.1 Å². The van der Waals surface area contributed by atoms with Crippen molar-refractivity contribution in [3.8, 4) is 0 Å². The van der Waals surface area contributed by atoms with Crippen LogP contribution in [0.15, 0.2) is 53.9 Å². The monoisotopic (exact) mass is 372 g/mol. The standard InChI is InChI=1S/C19H17ClN2O2S/c1-13-2-8-16(9-3-13)21-19-22-17(12-25-19)11-24-18(23)10-14-4-6-15(20)7-5-14/h2-9,12H,10-11H2,1H3,(H,21,22). The zero-order chi connectivity index (χ0) is 17.6.